The van der Waals surface area contributed by atoms with E-state index in [-0.39, 0.29) is 6.61 Å². The van der Waals surface area contributed by atoms with Gasteiger partial charge in [0, 0.05) is 21.0 Å². The highest BCUT2D eigenvalue weighted by molar-refractivity contribution is 7.20. The van der Waals surface area contributed by atoms with Gasteiger partial charge >= 0.3 is 0 Å². The third-order valence-electron chi connectivity index (χ3n) is 3.72. The number of hydrazine groups is 1. The molecule has 2 amide bonds. The number of hydrogen-bond acceptors (Lipinski definition) is 4. The average molecular weight is 401 g/mol. The van der Waals surface area contributed by atoms with Crippen molar-refractivity contribution < 1.29 is 14.3 Å². The molecular formula is C20H17ClN2O3S. The second-order valence-electron chi connectivity index (χ2n) is 5.70. The topological polar surface area (TPSA) is 67.4 Å². The Morgan fingerprint density at radius 2 is 1.85 bits per heavy atom. The molecule has 0 aliphatic carbocycles. The van der Waals surface area contributed by atoms with Gasteiger partial charge < -0.3 is 4.74 Å². The molecule has 138 valence electrons. The fourth-order valence-corrected chi connectivity index (χ4v) is 3.76. The molecule has 0 bridgehead atoms. The van der Waals surface area contributed by atoms with Crippen molar-refractivity contribution in [2.75, 3.05) is 6.61 Å². The quantitative estimate of drug-likeness (QED) is 0.500. The minimum Gasteiger partial charge on any atom is -0.483 e. The monoisotopic (exact) mass is 400 g/mol. The molecule has 0 unspecified atom stereocenters. The van der Waals surface area contributed by atoms with E-state index in [9.17, 15) is 9.59 Å². The van der Waals surface area contributed by atoms with Crippen LogP contribution in [0.5, 0.6) is 5.75 Å². The SMILES string of the molecule is Cc1ccccc1OCC(=O)NNC(=O)/C=C/c1sc2ccccc2c1Cl. The molecule has 0 saturated carbocycles. The summed E-state index contributed by atoms with van der Waals surface area (Å²) < 4.78 is 6.46. The first-order valence-electron chi connectivity index (χ1n) is 8.17. The largest absolute Gasteiger partial charge is 0.483 e. The third kappa shape index (κ3) is 4.87. The van der Waals surface area contributed by atoms with Gasteiger partial charge in [-0.1, -0.05) is 48.0 Å². The molecule has 0 spiro atoms. The molecule has 1 aromatic heterocycles. The second-order valence-corrected chi connectivity index (χ2v) is 7.16. The van der Waals surface area contributed by atoms with Crippen molar-refractivity contribution in [3.63, 3.8) is 0 Å². The summed E-state index contributed by atoms with van der Waals surface area (Å²) in [7, 11) is 0. The first-order valence-corrected chi connectivity index (χ1v) is 9.36. The number of carbonyl (C=O) groups is 2. The van der Waals surface area contributed by atoms with Crippen LogP contribution < -0.4 is 15.6 Å². The van der Waals surface area contributed by atoms with Gasteiger partial charge in [-0.2, -0.15) is 0 Å². The Hall–Kier alpha value is -2.83. The summed E-state index contributed by atoms with van der Waals surface area (Å²) in [5.41, 5.74) is 5.55. The van der Waals surface area contributed by atoms with Gasteiger partial charge in [-0.3, -0.25) is 20.4 Å². The number of rotatable bonds is 5. The number of fused-ring (bicyclic) bond motifs is 1. The summed E-state index contributed by atoms with van der Waals surface area (Å²) in [5, 5.41) is 1.56. The molecule has 3 rings (SSSR count). The van der Waals surface area contributed by atoms with Crippen molar-refractivity contribution in [3.05, 3.63) is 70.1 Å². The highest BCUT2D eigenvalue weighted by atomic mass is 35.5. The molecule has 0 atom stereocenters. The van der Waals surface area contributed by atoms with Crippen LogP contribution in [0.1, 0.15) is 10.4 Å². The Kier molecular flexibility index (Phi) is 6.11. The fourth-order valence-electron chi connectivity index (χ4n) is 2.36. The smallest absolute Gasteiger partial charge is 0.276 e. The molecule has 0 aliphatic rings. The minimum atomic E-state index is -0.465. The normalized spacial score (nSPS) is 10.9. The molecule has 0 aliphatic heterocycles. The highest BCUT2D eigenvalue weighted by Gasteiger charge is 2.08. The highest BCUT2D eigenvalue weighted by Crippen LogP contribution is 2.35. The maximum Gasteiger partial charge on any atom is 0.276 e. The van der Waals surface area contributed by atoms with Gasteiger partial charge in [0.25, 0.3) is 11.8 Å². The molecule has 0 saturated heterocycles. The zero-order chi connectivity index (χ0) is 19.2. The molecule has 0 radical (unpaired) electrons. The number of benzene rings is 2. The number of para-hydroxylation sites is 1. The van der Waals surface area contributed by atoms with E-state index in [1.54, 1.807) is 12.1 Å². The van der Waals surface area contributed by atoms with Crippen molar-refractivity contribution in [2.45, 2.75) is 6.92 Å². The third-order valence-corrected chi connectivity index (χ3v) is 5.38. The lowest BCUT2D eigenvalue weighted by Crippen LogP contribution is -2.43. The van der Waals surface area contributed by atoms with E-state index in [0.29, 0.717) is 10.8 Å². The molecule has 27 heavy (non-hydrogen) atoms. The Bertz CT molecular complexity index is 1010. The van der Waals surface area contributed by atoms with Gasteiger partial charge in [0.15, 0.2) is 6.61 Å². The molecule has 3 aromatic rings. The Balaban J connectivity index is 1.50. The summed E-state index contributed by atoms with van der Waals surface area (Å²) in [5.74, 6) is -0.300. The number of halogens is 1. The zero-order valence-corrected chi connectivity index (χ0v) is 16.1. The number of carbonyl (C=O) groups excluding carboxylic acids is 2. The van der Waals surface area contributed by atoms with Gasteiger partial charge in [-0.25, -0.2) is 0 Å². The summed E-state index contributed by atoms with van der Waals surface area (Å²) in [6.07, 6.45) is 2.94. The number of thiophene rings is 1. The molecule has 1 heterocycles. The Morgan fingerprint density at radius 1 is 1.11 bits per heavy atom. The standard InChI is InChI=1S/C20H17ClN2O3S/c1-13-6-2-4-8-15(13)26-12-19(25)23-22-18(24)11-10-17-20(21)14-7-3-5-9-16(14)27-17/h2-11H,12H2,1H3,(H,22,24)(H,23,25)/b11-10+. The number of amides is 2. The summed E-state index contributed by atoms with van der Waals surface area (Å²) in [6.45, 7) is 1.69. The van der Waals surface area contributed by atoms with Crippen LogP contribution in [0.3, 0.4) is 0 Å². The van der Waals surface area contributed by atoms with Crippen molar-refractivity contribution in [2.24, 2.45) is 0 Å². The second kappa shape index (κ2) is 8.70. The summed E-state index contributed by atoms with van der Waals surface area (Å²) in [4.78, 5) is 24.4. The van der Waals surface area contributed by atoms with Gasteiger partial charge in [0.2, 0.25) is 0 Å². The lowest BCUT2D eigenvalue weighted by molar-refractivity contribution is -0.128. The molecule has 7 heteroatoms. The first kappa shape index (κ1) is 18.9. The predicted octanol–water partition coefficient (Wildman–Crippen LogP) is 4.10. The van der Waals surface area contributed by atoms with Gasteiger partial charge in [-0.15, -0.1) is 11.3 Å². The van der Waals surface area contributed by atoms with Gasteiger partial charge in [0.05, 0.1) is 5.02 Å². The number of nitrogens with one attached hydrogen (secondary N) is 2. The Labute approximate surface area is 165 Å². The van der Waals surface area contributed by atoms with Crippen molar-refractivity contribution >= 4 is 50.9 Å². The van der Waals surface area contributed by atoms with E-state index in [2.05, 4.69) is 10.9 Å². The van der Waals surface area contributed by atoms with E-state index < -0.39 is 11.8 Å². The zero-order valence-electron chi connectivity index (χ0n) is 14.5. The molecule has 2 N–H and O–H groups in total. The lowest BCUT2D eigenvalue weighted by atomic mass is 10.2. The van der Waals surface area contributed by atoms with Crippen LogP contribution in [-0.2, 0) is 9.59 Å². The number of ether oxygens (including phenoxy) is 1. The maximum atomic E-state index is 11.9. The van der Waals surface area contributed by atoms with Crippen LogP contribution in [0.2, 0.25) is 5.02 Å². The molecule has 5 nitrogen and oxygen atoms in total. The van der Waals surface area contributed by atoms with Gasteiger partial charge in [-0.05, 0) is 30.7 Å². The van der Waals surface area contributed by atoms with E-state index in [1.807, 2.05) is 49.4 Å². The van der Waals surface area contributed by atoms with E-state index in [4.69, 9.17) is 16.3 Å². The summed E-state index contributed by atoms with van der Waals surface area (Å²) in [6, 6.07) is 15.1. The average Bonchev–Trinajstić information content (AvgIpc) is 3.00. The number of aryl methyl sites for hydroxylation is 1. The minimum absolute atomic E-state index is 0.197. The molecule has 0 fully saturated rings. The summed E-state index contributed by atoms with van der Waals surface area (Å²) >= 11 is 7.81. The van der Waals surface area contributed by atoms with Crippen LogP contribution in [0.25, 0.3) is 16.2 Å². The van der Waals surface area contributed by atoms with E-state index in [1.165, 1.54) is 17.4 Å². The van der Waals surface area contributed by atoms with Crippen molar-refractivity contribution in [3.8, 4) is 5.75 Å². The predicted molar refractivity (Wildman–Crippen MR) is 109 cm³/mol. The van der Waals surface area contributed by atoms with E-state index in [0.717, 1.165) is 20.5 Å². The van der Waals surface area contributed by atoms with Crippen LogP contribution in [0.15, 0.2) is 54.6 Å². The number of hydrogen-bond donors (Lipinski definition) is 2. The van der Waals surface area contributed by atoms with Crippen LogP contribution in [-0.4, -0.2) is 18.4 Å². The van der Waals surface area contributed by atoms with Crippen molar-refractivity contribution in [1.29, 1.82) is 0 Å². The lowest BCUT2D eigenvalue weighted by Gasteiger charge is -2.09. The van der Waals surface area contributed by atoms with E-state index >= 15 is 0 Å². The fraction of sp³-hybridized carbons (Fsp3) is 0.100. The van der Waals surface area contributed by atoms with Crippen LogP contribution >= 0.6 is 22.9 Å². The molecular weight excluding hydrogens is 384 g/mol. The van der Waals surface area contributed by atoms with Crippen molar-refractivity contribution in [1.82, 2.24) is 10.9 Å². The van der Waals surface area contributed by atoms with Crippen LogP contribution in [0, 0.1) is 6.92 Å². The Morgan fingerprint density at radius 3 is 2.63 bits per heavy atom. The maximum absolute atomic E-state index is 11.9. The van der Waals surface area contributed by atoms with Crippen LogP contribution in [0.4, 0.5) is 0 Å². The van der Waals surface area contributed by atoms with Gasteiger partial charge in [0.1, 0.15) is 5.75 Å². The first-order chi connectivity index (χ1) is 13.0. The molecule has 2 aromatic carbocycles.